The van der Waals surface area contributed by atoms with E-state index in [-0.39, 0.29) is 18.0 Å². The first kappa shape index (κ1) is 16.8. The van der Waals surface area contributed by atoms with Crippen LogP contribution in [0.25, 0.3) is 0 Å². The molecule has 3 N–H and O–H groups in total. The quantitative estimate of drug-likeness (QED) is 0.759. The molecule has 0 bridgehead atoms. The third-order valence-electron chi connectivity index (χ3n) is 4.75. The summed E-state index contributed by atoms with van der Waals surface area (Å²) in [5.74, 6) is 0.772. The Labute approximate surface area is 142 Å². The van der Waals surface area contributed by atoms with Crippen LogP contribution in [-0.2, 0) is 4.79 Å². The summed E-state index contributed by atoms with van der Waals surface area (Å²) in [7, 11) is 0. The molecule has 2 fully saturated rings. The molecule has 3 heterocycles. The minimum absolute atomic E-state index is 0.0382. The molecule has 132 valence electrons. The zero-order valence-electron chi connectivity index (χ0n) is 13.9. The average molecular weight is 334 g/mol. The Balaban J connectivity index is 1.53. The number of rotatable bonds is 5. The lowest BCUT2D eigenvalue weighted by molar-refractivity contribution is -0.122. The third kappa shape index (κ3) is 4.29. The number of urea groups is 1. The predicted octanol–water partition coefficient (Wildman–Crippen LogP) is 1.38. The number of amides is 3. The Morgan fingerprint density at radius 2 is 2.17 bits per heavy atom. The molecule has 0 aromatic carbocycles. The number of likely N-dealkylation sites (tertiary alicyclic amines) is 1. The van der Waals surface area contributed by atoms with Crippen molar-refractivity contribution < 1.29 is 14.0 Å². The highest BCUT2D eigenvalue weighted by atomic mass is 16.3. The molecule has 3 amide bonds. The summed E-state index contributed by atoms with van der Waals surface area (Å²) in [4.78, 5) is 26.4. The number of nitrogens with one attached hydrogen (secondary N) is 3. The maximum Gasteiger partial charge on any atom is 0.315 e. The average Bonchev–Trinajstić information content (AvgIpc) is 3.24. The second kappa shape index (κ2) is 8.19. The van der Waals surface area contributed by atoms with E-state index >= 15 is 0 Å². The number of nitrogens with zero attached hydrogens (tertiary/aromatic N) is 1. The zero-order chi connectivity index (χ0) is 16.8. The highest BCUT2D eigenvalue weighted by molar-refractivity contribution is 5.87. The number of furan rings is 1. The minimum atomic E-state index is -0.443. The summed E-state index contributed by atoms with van der Waals surface area (Å²) < 4.78 is 5.55. The highest BCUT2D eigenvalue weighted by Crippen LogP contribution is 2.24. The van der Waals surface area contributed by atoms with Crippen LogP contribution in [0.1, 0.15) is 43.9 Å². The van der Waals surface area contributed by atoms with Gasteiger partial charge in [0.25, 0.3) is 0 Å². The van der Waals surface area contributed by atoms with E-state index in [2.05, 4.69) is 20.9 Å². The normalized spacial score (nSPS) is 23.3. The molecule has 7 nitrogen and oxygen atoms in total. The van der Waals surface area contributed by atoms with Gasteiger partial charge in [0.15, 0.2) is 0 Å². The van der Waals surface area contributed by atoms with Crippen LogP contribution in [0.2, 0.25) is 0 Å². The molecular formula is C17H26N4O3. The number of hydrogen-bond acceptors (Lipinski definition) is 4. The topological polar surface area (TPSA) is 86.6 Å². The summed E-state index contributed by atoms with van der Waals surface area (Å²) in [6, 6.07) is 3.11. The minimum Gasteiger partial charge on any atom is -0.468 e. The Morgan fingerprint density at radius 3 is 2.92 bits per heavy atom. The van der Waals surface area contributed by atoms with Gasteiger partial charge < -0.3 is 20.4 Å². The molecule has 2 saturated heterocycles. The first-order chi connectivity index (χ1) is 11.7. The van der Waals surface area contributed by atoms with Gasteiger partial charge >= 0.3 is 6.03 Å². The largest absolute Gasteiger partial charge is 0.468 e. The van der Waals surface area contributed by atoms with Crippen molar-refractivity contribution in [2.45, 2.75) is 44.2 Å². The van der Waals surface area contributed by atoms with E-state index in [4.69, 9.17) is 4.42 Å². The van der Waals surface area contributed by atoms with Crippen molar-refractivity contribution in [3.8, 4) is 0 Å². The van der Waals surface area contributed by atoms with E-state index in [1.54, 1.807) is 6.26 Å². The van der Waals surface area contributed by atoms with Crippen molar-refractivity contribution >= 4 is 11.9 Å². The number of hydrogen-bond donors (Lipinski definition) is 3. The van der Waals surface area contributed by atoms with Crippen LogP contribution in [0, 0.1) is 0 Å². The molecule has 2 atom stereocenters. The molecule has 0 saturated carbocycles. The van der Waals surface area contributed by atoms with Crippen LogP contribution in [0.5, 0.6) is 0 Å². The molecule has 7 heteroatoms. The van der Waals surface area contributed by atoms with Gasteiger partial charge in [0, 0.05) is 13.1 Å². The van der Waals surface area contributed by atoms with Crippen LogP contribution in [0.4, 0.5) is 4.79 Å². The van der Waals surface area contributed by atoms with Gasteiger partial charge in [-0.3, -0.25) is 9.69 Å². The van der Waals surface area contributed by atoms with Gasteiger partial charge in [-0.15, -0.1) is 0 Å². The van der Waals surface area contributed by atoms with Crippen LogP contribution in [0.15, 0.2) is 22.8 Å². The molecule has 24 heavy (non-hydrogen) atoms. The fourth-order valence-electron chi connectivity index (χ4n) is 3.42. The summed E-state index contributed by atoms with van der Waals surface area (Å²) in [5, 5.41) is 8.52. The summed E-state index contributed by atoms with van der Waals surface area (Å²) in [5.41, 5.74) is 0. The molecule has 2 aliphatic heterocycles. The predicted molar refractivity (Wildman–Crippen MR) is 89.4 cm³/mol. The van der Waals surface area contributed by atoms with Gasteiger partial charge in [0.2, 0.25) is 5.91 Å². The van der Waals surface area contributed by atoms with Gasteiger partial charge in [-0.2, -0.15) is 0 Å². The molecule has 0 aliphatic carbocycles. The smallest absolute Gasteiger partial charge is 0.315 e. The van der Waals surface area contributed by atoms with Gasteiger partial charge in [0.05, 0.1) is 12.3 Å². The third-order valence-corrected chi connectivity index (χ3v) is 4.75. The van der Waals surface area contributed by atoms with Gasteiger partial charge in [-0.05, 0) is 57.3 Å². The molecule has 0 radical (unpaired) electrons. The lowest BCUT2D eigenvalue weighted by Crippen LogP contribution is -2.50. The van der Waals surface area contributed by atoms with Crippen LogP contribution >= 0.6 is 0 Å². The Hall–Kier alpha value is -2.02. The number of carbonyl (C=O) groups excluding carboxylic acids is 2. The lowest BCUT2D eigenvalue weighted by Gasteiger charge is -2.26. The van der Waals surface area contributed by atoms with E-state index in [0.29, 0.717) is 19.5 Å². The Bertz CT molecular complexity index is 540. The van der Waals surface area contributed by atoms with Gasteiger partial charge in [0.1, 0.15) is 11.8 Å². The highest BCUT2D eigenvalue weighted by Gasteiger charge is 2.27. The van der Waals surface area contributed by atoms with E-state index in [1.165, 1.54) is 12.8 Å². The SMILES string of the molecule is O=C(NC[C@H](c1ccco1)N1CCCC1)N[C@@H]1CCCCNC1=O. The maximum atomic E-state index is 12.2. The van der Waals surface area contributed by atoms with Gasteiger partial charge in [-0.1, -0.05) is 0 Å². The molecule has 0 unspecified atom stereocenters. The Morgan fingerprint density at radius 1 is 1.33 bits per heavy atom. The zero-order valence-corrected chi connectivity index (χ0v) is 13.9. The van der Waals surface area contributed by atoms with E-state index < -0.39 is 6.04 Å². The van der Waals surface area contributed by atoms with Gasteiger partial charge in [-0.25, -0.2) is 4.79 Å². The van der Waals surface area contributed by atoms with Crippen molar-refractivity contribution in [1.29, 1.82) is 0 Å². The molecule has 3 rings (SSSR count). The summed E-state index contributed by atoms with van der Waals surface area (Å²) in [6.45, 7) is 3.18. The second-order valence-corrected chi connectivity index (χ2v) is 6.47. The fourth-order valence-corrected chi connectivity index (χ4v) is 3.42. The first-order valence-electron chi connectivity index (χ1n) is 8.83. The van der Waals surface area contributed by atoms with Crippen molar-refractivity contribution in [1.82, 2.24) is 20.9 Å². The summed E-state index contributed by atoms with van der Waals surface area (Å²) in [6.07, 6.45) is 6.59. The second-order valence-electron chi connectivity index (χ2n) is 6.47. The Kier molecular flexibility index (Phi) is 5.74. The molecule has 0 spiro atoms. The van der Waals surface area contributed by atoms with E-state index in [9.17, 15) is 9.59 Å². The van der Waals surface area contributed by atoms with Crippen LogP contribution < -0.4 is 16.0 Å². The summed E-state index contributed by atoms with van der Waals surface area (Å²) >= 11 is 0. The molecule has 1 aromatic rings. The van der Waals surface area contributed by atoms with Crippen molar-refractivity contribution in [2.75, 3.05) is 26.2 Å². The van der Waals surface area contributed by atoms with Crippen LogP contribution in [-0.4, -0.2) is 49.1 Å². The fraction of sp³-hybridized carbons (Fsp3) is 0.647. The standard InChI is InChI=1S/C17H26N4O3/c22-16-13(6-1-2-8-18-16)20-17(23)19-12-14(15-7-5-11-24-15)21-9-3-4-10-21/h5,7,11,13-14H,1-4,6,8-10,12H2,(H,18,22)(H2,19,20,23)/t13-,14-/m1/s1. The monoisotopic (exact) mass is 334 g/mol. The maximum absolute atomic E-state index is 12.2. The van der Waals surface area contributed by atoms with Crippen molar-refractivity contribution in [3.63, 3.8) is 0 Å². The molecule has 2 aliphatic rings. The van der Waals surface area contributed by atoms with E-state index in [1.807, 2.05) is 12.1 Å². The van der Waals surface area contributed by atoms with E-state index in [0.717, 1.165) is 31.7 Å². The van der Waals surface area contributed by atoms with Crippen LogP contribution in [0.3, 0.4) is 0 Å². The van der Waals surface area contributed by atoms with Crippen molar-refractivity contribution in [2.24, 2.45) is 0 Å². The molecule has 1 aromatic heterocycles. The van der Waals surface area contributed by atoms with Crippen molar-refractivity contribution in [3.05, 3.63) is 24.2 Å². The number of carbonyl (C=O) groups is 2. The lowest BCUT2D eigenvalue weighted by atomic mass is 10.1. The first-order valence-corrected chi connectivity index (χ1v) is 8.83. The molecular weight excluding hydrogens is 308 g/mol.